The Bertz CT molecular complexity index is 506. The number of anilines is 2. The zero-order chi connectivity index (χ0) is 13.7. The third kappa shape index (κ3) is 3.37. The van der Waals surface area contributed by atoms with Crippen LogP contribution in [0.3, 0.4) is 0 Å². The molecule has 0 spiro atoms. The van der Waals surface area contributed by atoms with Gasteiger partial charge in [0.2, 0.25) is 5.89 Å². The number of phenolic OH excluding ortho intramolecular Hbond substituents is 1. The number of benzene rings is 1. The van der Waals surface area contributed by atoms with Crippen molar-refractivity contribution in [1.82, 2.24) is 10.1 Å². The Kier molecular flexibility index (Phi) is 4.22. The summed E-state index contributed by atoms with van der Waals surface area (Å²) in [6.07, 6.45) is 0. The van der Waals surface area contributed by atoms with Crippen molar-refractivity contribution in [1.29, 1.82) is 0 Å². The zero-order valence-corrected chi connectivity index (χ0v) is 11.1. The van der Waals surface area contributed by atoms with Crippen LogP contribution in [0.5, 0.6) is 5.75 Å². The van der Waals surface area contributed by atoms with Crippen molar-refractivity contribution < 1.29 is 9.63 Å². The van der Waals surface area contributed by atoms with Gasteiger partial charge in [-0.2, -0.15) is 4.98 Å². The Balaban J connectivity index is 1.95. The zero-order valence-electron chi connectivity index (χ0n) is 11.1. The fourth-order valence-corrected chi connectivity index (χ4v) is 1.71. The Morgan fingerprint density at radius 3 is 2.53 bits per heavy atom. The highest BCUT2D eigenvalue weighted by atomic mass is 16.5. The maximum Gasteiger partial charge on any atom is 0.266 e. The van der Waals surface area contributed by atoms with E-state index >= 15 is 0 Å². The molecule has 19 heavy (non-hydrogen) atoms. The number of aromatic nitrogens is 2. The minimum Gasteiger partial charge on any atom is -0.508 e. The summed E-state index contributed by atoms with van der Waals surface area (Å²) >= 11 is 0. The highest BCUT2D eigenvalue weighted by Gasteiger charge is 2.10. The van der Waals surface area contributed by atoms with Gasteiger partial charge in [0.1, 0.15) is 5.75 Å². The first-order chi connectivity index (χ1) is 9.22. The van der Waals surface area contributed by atoms with Gasteiger partial charge in [-0.15, -0.1) is 0 Å². The summed E-state index contributed by atoms with van der Waals surface area (Å²) in [7, 11) is 0. The average Bonchev–Trinajstić information content (AvgIpc) is 2.88. The predicted molar refractivity (Wildman–Crippen MR) is 73.3 cm³/mol. The van der Waals surface area contributed by atoms with E-state index in [2.05, 4.69) is 15.5 Å². The fourth-order valence-electron chi connectivity index (χ4n) is 1.71. The molecule has 0 aliphatic carbocycles. The van der Waals surface area contributed by atoms with Gasteiger partial charge in [-0.05, 0) is 43.3 Å². The summed E-state index contributed by atoms with van der Waals surface area (Å²) < 4.78 is 5.18. The number of nitrogens with one attached hydrogen (secondary N) is 1. The molecule has 102 valence electrons. The first kappa shape index (κ1) is 13.2. The van der Waals surface area contributed by atoms with Crippen LogP contribution in [0.2, 0.25) is 0 Å². The molecule has 0 amide bonds. The fraction of sp³-hybridized carbons (Fsp3) is 0.385. The normalized spacial score (nSPS) is 10.4. The first-order valence-corrected chi connectivity index (χ1v) is 6.33. The van der Waals surface area contributed by atoms with E-state index in [1.807, 2.05) is 18.7 Å². The molecular weight excluding hydrogens is 244 g/mol. The lowest BCUT2D eigenvalue weighted by Gasteiger charge is -2.14. The van der Waals surface area contributed by atoms with Gasteiger partial charge in [-0.3, -0.25) is 0 Å². The number of hydrogen-bond donors (Lipinski definition) is 2. The molecule has 0 unspecified atom stereocenters. The monoisotopic (exact) mass is 262 g/mol. The second-order valence-electron chi connectivity index (χ2n) is 4.06. The van der Waals surface area contributed by atoms with Crippen LogP contribution in [0.25, 0.3) is 0 Å². The van der Waals surface area contributed by atoms with Gasteiger partial charge in [0.05, 0.1) is 6.54 Å². The summed E-state index contributed by atoms with van der Waals surface area (Å²) in [5.74, 6) is 1.40. The van der Waals surface area contributed by atoms with Crippen molar-refractivity contribution in [3.05, 3.63) is 30.2 Å². The molecule has 2 N–H and O–H groups in total. The van der Waals surface area contributed by atoms with Crippen LogP contribution in [0.15, 0.2) is 28.8 Å². The van der Waals surface area contributed by atoms with Crippen LogP contribution in [-0.2, 0) is 6.54 Å². The lowest BCUT2D eigenvalue weighted by atomic mass is 10.3. The molecule has 1 aromatic carbocycles. The highest BCUT2D eigenvalue weighted by molar-refractivity contribution is 5.45. The van der Waals surface area contributed by atoms with Gasteiger partial charge in [0, 0.05) is 18.8 Å². The van der Waals surface area contributed by atoms with Gasteiger partial charge in [-0.1, -0.05) is 0 Å². The van der Waals surface area contributed by atoms with E-state index in [1.165, 1.54) is 0 Å². The summed E-state index contributed by atoms with van der Waals surface area (Å²) in [6.45, 7) is 6.25. The third-order valence-electron chi connectivity index (χ3n) is 2.81. The molecule has 1 aromatic heterocycles. The molecule has 0 saturated heterocycles. The second-order valence-corrected chi connectivity index (χ2v) is 4.06. The van der Waals surface area contributed by atoms with Crippen LogP contribution in [0.4, 0.5) is 11.6 Å². The molecule has 0 aliphatic heterocycles. The number of nitrogens with zero attached hydrogens (tertiary/aromatic N) is 3. The summed E-state index contributed by atoms with van der Waals surface area (Å²) in [5.41, 5.74) is 0.889. The number of aromatic hydroxyl groups is 1. The predicted octanol–water partition coefficient (Wildman–Crippen LogP) is 2.23. The number of hydrogen-bond acceptors (Lipinski definition) is 6. The van der Waals surface area contributed by atoms with Gasteiger partial charge in [0.25, 0.3) is 5.95 Å². The Labute approximate surface area is 112 Å². The summed E-state index contributed by atoms with van der Waals surface area (Å²) in [5, 5.41) is 16.3. The molecule has 2 aromatic rings. The minimum atomic E-state index is 0.243. The van der Waals surface area contributed by atoms with Gasteiger partial charge >= 0.3 is 0 Å². The summed E-state index contributed by atoms with van der Waals surface area (Å²) in [4.78, 5) is 6.34. The lowest BCUT2D eigenvalue weighted by Crippen LogP contribution is -2.23. The lowest BCUT2D eigenvalue weighted by molar-refractivity contribution is 0.382. The molecule has 0 bridgehead atoms. The van der Waals surface area contributed by atoms with E-state index in [-0.39, 0.29) is 5.75 Å². The first-order valence-electron chi connectivity index (χ1n) is 6.33. The maximum absolute atomic E-state index is 9.19. The molecule has 6 heteroatoms. The Morgan fingerprint density at radius 1 is 1.21 bits per heavy atom. The van der Waals surface area contributed by atoms with E-state index in [0.717, 1.165) is 18.8 Å². The number of rotatable bonds is 6. The topological polar surface area (TPSA) is 74.4 Å². The van der Waals surface area contributed by atoms with Crippen molar-refractivity contribution in [2.24, 2.45) is 0 Å². The van der Waals surface area contributed by atoms with Crippen LogP contribution >= 0.6 is 0 Å². The molecule has 2 rings (SSSR count). The standard InChI is InChI=1S/C13H18N4O2/c1-3-17(4-2)13-15-12(19-16-13)9-14-10-5-7-11(18)8-6-10/h5-8,14,18H,3-4,9H2,1-2H3. The molecule has 0 aliphatic rings. The van der Waals surface area contributed by atoms with E-state index in [1.54, 1.807) is 24.3 Å². The quantitative estimate of drug-likeness (QED) is 0.778. The van der Waals surface area contributed by atoms with Crippen molar-refractivity contribution in [2.45, 2.75) is 20.4 Å². The highest BCUT2D eigenvalue weighted by Crippen LogP contribution is 2.15. The summed E-state index contributed by atoms with van der Waals surface area (Å²) in [6, 6.07) is 6.82. The van der Waals surface area contributed by atoms with Crippen molar-refractivity contribution >= 4 is 11.6 Å². The average molecular weight is 262 g/mol. The Hall–Kier alpha value is -2.24. The molecular formula is C13H18N4O2. The van der Waals surface area contributed by atoms with E-state index in [4.69, 9.17) is 4.52 Å². The minimum absolute atomic E-state index is 0.243. The van der Waals surface area contributed by atoms with Gasteiger partial charge < -0.3 is 19.8 Å². The van der Waals surface area contributed by atoms with Crippen LogP contribution < -0.4 is 10.2 Å². The van der Waals surface area contributed by atoms with Crippen LogP contribution in [0, 0.1) is 0 Å². The third-order valence-corrected chi connectivity index (χ3v) is 2.81. The molecule has 1 heterocycles. The van der Waals surface area contributed by atoms with Gasteiger partial charge in [0.15, 0.2) is 0 Å². The number of phenols is 1. The van der Waals surface area contributed by atoms with Crippen LogP contribution in [-0.4, -0.2) is 28.3 Å². The molecule has 0 atom stereocenters. The largest absolute Gasteiger partial charge is 0.508 e. The van der Waals surface area contributed by atoms with E-state index in [9.17, 15) is 5.11 Å². The molecule has 0 fully saturated rings. The van der Waals surface area contributed by atoms with E-state index < -0.39 is 0 Å². The second kappa shape index (κ2) is 6.08. The molecule has 6 nitrogen and oxygen atoms in total. The Morgan fingerprint density at radius 2 is 1.89 bits per heavy atom. The molecule has 0 saturated carbocycles. The van der Waals surface area contributed by atoms with Crippen molar-refractivity contribution in [3.63, 3.8) is 0 Å². The smallest absolute Gasteiger partial charge is 0.266 e. The maximum atomic E-state index is 9.19. The van der Waals surface area contributed by atoms with Crippen molar-refractivity contribution in [3.8, 4) is 5.75 Å². The van der Waals surface area contributed by atoms with Gasteiger partial charge in [-0.25, -0.2) is 0 Å². The SMILES string of the molecule is CCN(CC)c1noc(CNc2ccc(O)cc2)n1. The van der Waals surface area contributed by atoms with Crippen molar-refractivity contribution in [2.75, 3.05) is 23.3 Å². The van der Waals surface area contributed by atoms with Crippen LogP contribution in [0.1, 0.15) is 19.7 Å². The van der Waals surface area contributed by atoms with E-state index in [0.29, 0.717) is 18.4 Å². The molecule has 0 radical (unpaired) electrons.